The van der Waals surface area contributed by atoms with Crippen molar-refractivity contribution in [1.29, 1.82) is 0 Å². The van der Waals surface area contributed by atoms with Gasteiger partial charge in [-0.3, -0.25) is 10.1 Å². The lowest BCUT2D eigenvalue weighted by Gasteiger charge is -2.23. The molecule has 0 bridgehead atoms. The van der Waals surface area contributed by atoms with Crippen molar-refractivity contribution in [1.82, 2.24) is 9.97 Å². The summed E-state index contributed by atoms with van der Waals surface area (Å²) in [5.74, 6) is -0.0503. The molecule has 1 fully saturated rings. The van der Waals surface area contributed by atoms with Gasteiger partial charge in [-0.05, 0) is 12.8 Å². The van der Waals surface area contributed by atoms with Gasteiger partial charge in [0.1, 0.15) is 16.2 Å². The number of nitrogen functional groups attached to an aromatic ring is 1. The number of nitrogens with one attached hydrogen (secondary N) is 1. The summed E-state index contributed by atoms with van der Waals surface area (Å²) in [6.45, 7) is 0. The second-order valence-electron chi connectivity index (χ2n) is 4.28. The standard InChI is InChI=1S/C9H13N5O4S/c10-8-7(14(15)16)9(12-5-11-8)13-6-1-3-19(17,18)4-2-6/h5-6H,1-4H2,(H3,10,11,12,13). The summed E-state index contributed by atoms with van der Waals surface area (Å²) in [5.41, 5.74) is 5.06. The van der Waals surface area contributed by atoms with Crippen LogP contribution in [0.3, 0.4) is 0 Å². The second kappa shape index (κ2) is 4.96. The molecule has 0 aromatic carbocycles. The minimum Gasteiger partial charge on any atom is -0.378 e. The number of anilines is 2. The van der Waals surface area contributed by atoms with Crippen LogP contribution in [0, 0.1) is 10.1 Å². The van der Waals surface area contributed by atoms with Gasteiger partial charge in [0.15, 0.2) is 0 Å². The van der Waals surface area contributed by atoms with Gasteiger partial charge in [-0.2, -0.15) is 0 Å². The molecule has 1 aliphatic rings. The molecule has 0 atom stereocenters. The number of nitrogens with two attached hydrogens (primary N) is 1. The van der Waals surface area contributed by atoms with Crippen LogP contribution in [0.15, 0.2) is 6.33 Å². The predicted molar refractivity (Wildman–Crippen MR) is 68.4 cm³/mol. The molecule has 1 aromatic rings. The van der Waals surface area contributed by atoms with E-state index in [9.17, 15) is 18.5 Å². The maximum Gasteiger partial charge on any atom is 0.352 e. The molecule has 0 saturated carbocycles. The van der Waals surface area contributed by atoms with Crippen LogP contribution in [-0.4, -0.2) is 40.9 Å². The highest BCUT2D eigenvalue weighted by molar-refractivity contribution is 7.91. The van der Waals surface area contributed by atoms with Crippen molar-refractivity contribution in [2.45, 2.75) is 18.9 Å². The minimum absolute atomic E-state index is 0.0294. The Morgan fingerprint density at radius 3 is 2.58 bits per heavy atom. The van der Waals surface area contributed by atoms with Crippen molar-refractivity contribution in [2.24, 2.45) is 0 Å². The van der Waals surface area contributed by atoms with E-state index < -0.39 is 14.8 Å². The van der Waals surface area contributed by atoms with Crippen molar-refractivity contribution in [3.05, 3.63) is 16.4 Å². The summed E-state index contributed by atoms with van der Waals surface area (Å²) in [6, 6.07) is -0.170. The molecule has 0 unspecified atom stereocenters. The lowest BCUT2D eigenvalue weighted by molar-refractivity contribution is -0.383. The van der Waals surface area contributed by atoms with E-state index in [0.717, 1.165) is 6.33 Å². The Kier molecular flexibility index (Phi) is 3.51. The lowest BCUT2D eigenvalue weighted by atomic mass is 10.1. The Morgan fingerprint density at radius 1 is 1.37 bits per heavy atom. The Bertz CT molecular complexity index is 589. The highest BCUT2D eigenvalue weighted by atomic mass is 32.2. The maximum absolute atomic E-state index is 11.3. The molecule has 0 spiro atoms. The van der Waals surface area contributed by atoms with E-state index in [-0.39, 0.29) is 34.9 Å². The van der Waals surface area contributed by atoms with Crippen LogP contribution >= 0.6 is 0 Å². The van der Waals surface area contributed by atoms with E-state index in [0.29, 0.717) is 12.8 Å². The average Bonchev–Trinajstić information content (AvgIpc) is 2.31. The summed E-state index contributed by atoms with van der Waals surface area (Å²) in [5, 5.41) is 13.8. The molecule has 19 heavy (non-hydrogen) atoms. The summed E-state index contributed by atoms with van der Waals surface area (Å²) in [6.07, 6.45) is 1.91. The highest BCUT2D eigenvalue weighted by Gasteiger charge is 2.27. The molecule has 0 radical (unpaired) electrons. The fourth-order valence-electron chi connectivity index (χ4n) is 1.91. The summed E-state index contributed by atoms with van der Waals surface area (Å²) < 4.78 is 22.6. The fourth-order valence-corrected chi connectivity index (χ4v) is 3.40. The van der Waals surface area contributed by atoms with Gasteiger partial charge in [0, 0.05) is 6.04 Å². The van der Waals surface area contributed by atoms with Gasteiger partial charge in [0.2, 0.25) is 11.6 Å². The fraction of sp³-hybridized carbons (Fsp3) is 0.556. The molecule has 1 aromatic heterocycles. The van der Waals surface area contributed by atoms with Gasteiger partial charge < -0.3 is 11.1 Å². The zero-order chi connectivity index (χ0) is 14.0. The van der Waals surface area contributed by atoms with Gasteiger partial charge >= 0.3 is 5.69 Å². The number of nitrogens with zero attached hydrogens (tertiary/aromatic N) is 3. The normalized spacial score (nSPS) is 18.9. The van der Waals surface area contributed by atoms with Gasteiger partial charge in [0.25, 0.3) is 0 Å². The molecular formula is C9H13N5O4S. The predicted octanol–water partition coefficient (Wildman–Crippen LogP) is -0.0439. The third kappa shape index (κ3) is 3.08. The van der Waals surface area contributed by atoms with Crippen LogP contribution in [0.1, 0.15) is 12.8 Å². The van der Waals surface area contributed by atoms with Crippen LogP contribution in [0.25, 0.3) is 0 Å². The Morgan fingerprint density at radius 2 is 2.00 bits per heavy atom. The molecule has 1 aliphatic heterocycles. The summed E-state index contributed by atoms with van der Waals surface area (Å²) >= 11 is 0. The summed E-state index contributed by atoms with van der Waals surface area (Å²) in [7, 11) is -2.97. The zero-order valence-electron chi connectivity index (χ0n) is 9.94. The minimum atomic E-state index is -2.97. The number of sulfone groups is 1. The number of hydrogen-bond donors (Lipinski definition) is 2. The van der Waals surface area contributed by atoms with Crippen molar-refractivity contribution >= 4 is 27.2 Å². The lowest BCUT2D eigenvalue weighted by Crippen LogP contribution is -2.32. The van der Waals surface area contributed by atoms with Crippen LogP contribution < -0.4 is 11.1 Å². The van der Waals surface area contributed by atoms with Crippen LogP contribution in [-0.2, 0) is 9.84 Å². The Labute approximate surface area is 109 Å². The first-order valence-electron chi connectivity index (χ1n) is 5.61. The third-order valence-corrected chi connectivity index (χ3v) is 4.64. The molecule has 3 N–H and O–H groups in total. The molecule has 2 heterocycles. The number of hydrogen-bond acceptors (Lipinski definition) is 8. The number of nitro groups is 1. The van der Waals surface area contributed by atoms with E-state index >= 15 is 0 Å². The SMILES string of the molecule is Nc1ncnc(NC2CCS(=O)(=O)CC2)c1[N+](=O)[O-]. The topological polar surface area (TPSA) is 141 Å². The first-order chi connectivity index (χ1) is 8.89. The molecule has 1 saturated heterocycles. The number of aromatic nitrogens is 2. The van der Waals surface area contributed by atoms with E-state index in [1.807, 2.05) is 0 Å². The summed E-state index contributed by atoms with van der Waals surface area (Å²) in [4.78, 5) is 17.6. The number of rotatable bonds is 3. The van der Waals surface area contributed by atoms with E-state index in [2.05, 4.69) is 15.3 Å². The molecule has 104 valence electrons. The van der Waals surface area contributed by atoms with E-state index in [1.54, 1.807) is 0 Å². The van der Waals surface area contributed by atoms with Crippen molar-refractivity contribution in [3.63, 3.8) is 0 Å². The van der Waals surface area contributed by atoms with Crippen LogP contribution in [0.5, 0.6) is 0 Å². The van der Waals surface area contributed by atoms with Crippen molar-refractivity contribution < 1.29 is 13.3 Å². The molecule has 0 amide bonds. The van der Waals surface area contributed by atoms with Gasteiger partial charge in [-0.25, -0.2) is 18.4 Å². The molecular weight excluding hydrogens is 274 g/mol. The average molecular weight is 287 g/mol. The van der Waals surface area contributed by atoms with E-state index in [1.165, 1.54) is 0 Å². The first-order valence-corrected chi connectivity index (χ1v) is 7.43. The largest absolute Gasteiger partial charge is 0.378 e. The second-order valence-corrected chi connectivity index (χ2v) is 6.59. The third-order valence-electron chi connectivity index (χ3n) is 2.93. The van der Waals surface area contributed by atoms with Crippen LogP contribution in [0.2, 0.25) is 0 Å². The first kappa shape index (κ1) is 13.5. The smallest absolute Gasteiger partial charge is 0.352 e. The van der Waals surface area contributed by atoms with Crippen molar-refractivity contribution in [2.75, 3.05) is 22.6 Å². The molecule has 9 nitrogen and oxygen atoms in total. The van der Waals surface area contributed by atoms with Gasteiger partial charge in [-0.1, -0.05) is 0 Å². The van der Waals surface area contributed by atoms with Crippen molar-refractivity contribution in [3.8, 4) is 0 Å². The highest BCUT2D eigenvalue weighted by Crippen LogP contribution is 2.28. The van der Waals surface area contributed by atoms with Crippen LogP contribution in [0.4, 0.5) is 17.3 Å². The molecule has 0 aliphatic carbocycles. The Hall–Kier alpha value is -1.97. The monoisotopic (exact) mass is 287 g/mol. The van der Waals surface area contributed by atoms with Gasteiger partial charge in [-0.15, -0.1) is 0 Å². The quantitative estimate of drug-likeness (QED) is 0.582. The van der Waals surface area contributed by atoms with Gasteiger partial charge in [0.05, 0.1) is 16.4 Å². The maximum atomic E-state index is 11.3. The zero-order valence-corrected chi connectivity index (χ0v) is 10.8. The van der Waals surface area contributed by atoms with E-state index in [4.69, 9.17) is 5.73 Å². The molecule has 10 heteroatoms. The Balaban J connectivity index is 2.16. The molecule has 2 rings (SSSR count).